The number of carboxylic acid groups (broad SMARTS) is 1. The molecule has 17 heavy (non-hydrogen) atoms. The third kappa shape index (κ3) is 2.58. The standard InChI is InChI=1S/C13H15NO3/c1-17-12-8-9-5-6-14-11(9)7-10(12)3-2-4-13(15)16/h5-8,14H,2-4H2,1H3,(H,15,16). The fraction of sp³-hybridized carbons (Fsp3) is 0.308. The highest BCUT2D eigenvalue weighted by Crippen LogP contribution is 2.26. The van der Waals surface area contributed by atoms with Crippen molar-refractivity contribution in [1.82, 2.24) is 4.98 Å². The number of hydrogen-bond donors (Lipinski definition) is 2. The Morgan fingerprint density at radius 2 is 2.29 bits per heavy atom. The molecule has 2 N–H and O–H groups in total. The lowest BCUT2D eigenvalue weighted by Gasteiger charge is -2.08. The van der Waals surface area contributed by atoms with Gasteiger partial charge in [-0.1, -0.05) is 0 Å². The number of rotatable bonds is 5. The van der Waals surface area contributed by atoms with Crippen molar-refractivity contribution in [3.05, 3.63) is 30.0 Å². The van der Waals surface area contributed by atoms with E-state index in [1.165, 1.54) is 0 Å². The molecule has 0 bridgehead atoms. The van der Waals surface area contributed by atoms with E-state index in [0.717, 1.165) is 22.2 Å². The summed E-state index contributed by atoms with van der Waals surface area (Å²) >= 11 is 0. The van der Waals surface area contributed by atoms with Crippen LogP contribution in [-0.2, 0) is 11.2 Å². The highest BCUT2D eigenvalue weighted by atomic mass is 16.5. The van der Waals surface area contributed by atoms with Gasteiger partial charge < -0.3 is 14.8 Å². The first-order valence-electron chi connectivity index (χ1n) is 5.56. The van der Waals surface area contributed by atoms with Crippen LogP contribution in [0.3, 0.4) is 0 Å². The number of aryl methyl sites for hydroxylation is 1. The van der Waals surface area contributed by atoms with Gasteiger partial charge in [-0.25, -0.2) is 0 Å². The van der Waals surface area contributed by atoms with Crippen molar-refractivity contribution >= 4 is 16.9 Å². The minimum Gasteiger partial charge on any atom is -0.496 e. The van der Waals surface area contributed by atoms with Crippen LogP contribution < -0.4 is 4.74 Å². The van der Waals surface area contributed by atoms with Crippen LogP contribution in [0.5, 0.6) is 5.75 Å². The van der Waals surface area contributed by atoms with E-state index in [-0.39, 0.29) is 6.42 Å². The number of hydrogen-bond acceptors (Lipinski definition) is 2. The molecular formula is C13H15NO3. The molecule has 4 heteroatoms. The zero-order chi connectivity index (χ0) is 12.3. The Bertz CT molecular complexity index is 530. The van der Waals surface area contributed by atoms with Gasteiger partial charge in [-0.05, 0) is 36.6 Å². The molecule has 0 saturated carbocycles. The van der Waals surface area contributed by atoms with E-state index in [9.17, 15) is 4.79 Å². The lowest BCUT2D eigenvalue weighted by molar-refractivity contribution is -0.137. The predicted octanol–water partition coefficient (Wildman–Crippen LogP) is 2.58. The molecule has 1 aromatic carbocycles. The zero-order valence-electron chi connectivity index (χ0n) is 9.69. The topological polar surface area (TPSA) is 62.3 Å². The molecule has 1 heterocycles. The van der Waals surface area contributed by atoms with E-state index in [0.29, 0.717) is 12.8 Å². The van der Waals surface area contributed by atoms with E-state index in [2.05, 4.69) is 4.98 Å². The number of methoxy groups -OCH3 is 1. The summed E-state index contributed by atoms with van der Waals surface area (Å²) in [5.41, 5.74) is 2.10. The van der Waals surface area contributed by atoms with Gasteiger partial charge in [0.1, 0.15) is 5.75 Å². The predicted molar refractivity (Wildman–Crippen MR) is 65.4 cm³/mol. The number of aromatic nitrogens is 1. The van der Waals surface area contributed by atoms with Crippen LogP contribution in [0.25, 0.3) is 10.9 Å². The number of H-pyrrole nitrogens is 1. The zero-order valence-corrected chi connectivity index (χ0v) is 9.69. The van der Waals surface area contributed by atoms with Crippen molar-refractivity contribution in [3.63, 3.8) is 0 Å². The number of aromatic amines is 1. The maximum atomic E-state index is 10.5. The molecule has 0 spiro atoms. The molecule has 0 aliphatic rings. The van der Waals surface area contributed by atoms with Crippen molar-refractivity contribution in [3.8, 4) is 5.75 Å². The maximum Gasteiger partial charge on any atom is 0.303 e. The minimum atomic E-state index is -0.759. The summed E-state index contributed by atoms with van der Waals surface area (Å²) in [6.07, 6.45) is 3.40. The summed E-state index contributed by atoms with van der Waals surface area (Å²) in [7, 11) is 1.63. The third-order valence-corrected chi connectivity index (χ3v) is 2.79. The van der Waals surface area contributed by atoms with E-state index in [1.54, 1.807) is 7.11 Å². The van der Waals surface area contributed by atoms with Crippen LogP contribution in [-0.4, -0.2) is 23.2 Å². The van der Waals surface area contributed by atoms with Gasteiger partial charge in [-0.3, -0.25) is 4.79 Å². The Morgan fingerprint density at radius 3 is 3.00 bits per heavy atom. The van der Waals surface area contributed by atoms with Gasteiger partial charge in [0.05, 0.1) is 7.11 Å². The molecule has 0 radical (unpaired) electrons. The molecule has 0 aliphatic heterocycles. The van der Waals surface area contributed by atoms with Gasteiger partial charge in [-0.2, -0.15) is 0 Å². The van der Waals surface area contributed by atoms with E-state index < -0.39 is 5.97 Å². The van der Waals surface area contributed by atoms with E-state index >= 15 is 0 Å². The van der Waals surface area contributed by atoms with Gasteiger partial charge in [0, 0.05) is 23.5 Å². The molecule has 0 amide bonds. The van der Waals surface area contributed by atoms with E-state index in [1.807, 2.05) is 24.4 Å². The lowest BCUT2D eigenvalue weighted by atomic mass is 10.1. The van der Waals surface area contributed by atoms with Crippen molar-refractivity contribution in [2.45, 2.75) is 19.3 Å². The first-order valence-corrected chi connectivity index (χ1v) is 5.56. The fourth-order valence-electron chi connectivity index (χ4n) is 1.94. The van der Waals surface area contributed by atoms with Crippen LogP contribution in [0.2, 0.25) is 0 Å². The molecule has 0 unspecified atom stereocenters. The monoisotopic (exact) mass is 233 g/mol. The summed E-state index contributed by atoms with van der Waals surface area (Å²) in [4.78, 5) is 13.6. The summed E-state index contributed by atoms with van der Waals surface area (Å²) in [6.45, 7) is 0. The molecule has 90 valence electrons. The second-order valence-electron chi connectivity index (χ2n) is 3.98. The number of aliphatic carboxylic acids is 1. The summed E-state index contributed by atoms with van der Waals surface area (Å²) in [5.74, 6) is 0.0624. The second kappa shape index (κ2) is 4.91. The van der Waals surface area contributed by atoms with Gasteiger partial charge in [0.25, 0.3) is 0 Å². The average Bonchev–Trinajstić information content (AvgIpc) is 2.74. The Kier molecular flexibility index (Phi) is 3.32. The van der Waals surface area contributed by atoms with Crippen LogP contribution in [0.1, 0.15) is 18.4 Å². The number of benzene rings is 1. The first kappa shape index (κ1) is 11.5. The third-order valence-electron chi connectivity index (χ3n) is 2.79. The van der Waals surface area contributed by atoms with Crippen LogP contribution >= 0.6 is 0 Å². The smallest absolute Gasteiger partial charge is 0.303 e. The summed E-state index contributed by atoms with van der Waals surface area (Å²) in [5, 5.41) is 9.72. The second-order valence-corrected chi connectivity index (χ2v) is 3.98. The van der Waals surface area contributed by atoms with Crippen LogP contribution in [0.4, 0.5) is 0 Å². The molecule has 0 aliphatic carbocycles. The number of fused-ring (bicyclic) bond motifs is 1. The van der Waals surface area contributed by atoms with Gasteiger partial charge in [0.2, 0.25) is 0 Å². The molecule has 2 rings (SSSR count). The largest absolute Gasteiger partial charge is 0.496 e. The SMILES string of the molecule is COc1cc2cc[nH]c2cc1CCCC(=O)O. The Hall–Kier alpha value is -1.97. The Morgan fingerprint density at radius 1 is 1.47 bits per heavy atom. The van der Waals surface area contributed by atoms with Crippen molar-refractivity contribution < 1.29 is 14.6 Å². The van der Waals surface area contributed by atoms with Crippen LogP contribution in [0.15, 0.2) is 24.4 Å². The number of nitrogens with one attached hydrogen (secondary N) is 1. The summed E-state index contributed by atoms with van der Waals surface area (Å²) in [6, 6.07) is 5.98. The molecule has 0 atom stereocenters. The summed E-state index contributed by atoms with van der Waals surface area (Å²) < 4.78 is 5.32. The Balaban J connectivity index is 2.21. The molecule has 4 nitrogen and oxygen atoms in total. The molecule has 2 aromatic rings. The van der Waals surface area contributed by atoms with Gasteiger partial charge in [-0.15, -0.1) is 0 Å². The minimum absolute atomic E-state index is 0.186. The number of carbonyl (C=O) groups is 1. The van der Waals surface area contributed by atoms with E-state index in [4.69, 9.17) is 9.84 Å². The molecule has 0 saturated heterocycles. The Labute approximate surface area is 99.2 Å². The number of carboxylic acids is 1. The normalized spacial score (nSPS) is 10.6. The van der Waals surface area contributed by atoms with Crippen molar-refractivity contribution in [2.24, 2.45) is 0 Å². The van der Waals surface area contributed by atoms with Gasteiger partial charge >= 0.3 is 5.97 Å². The molecule has 1 aromatic heterocycles. The fourth-order valence-corrected chi connectivity index (χ4v) is 1.94. The van der Waals surface area contributed by atoms with Crippen LogP contribution in [0, 0.1) is 0 Å². The first-order chi connectivity index (χ1) is 8.20. The molecular weight excluding hydrogens is 218 g/mol. The molecule has 0 fully saturated rings. The average molecular weight is 233 g/mol. The van der Waals surface area contributed by atoms with Gasteiger partial charge in [0.15, 0.2) is 0 Å². The highest BCUT2D eigenvalue weighted by molar-refractivity contribution is 5.82. The van der Waals surface area contributed by atoms with Crippen molar-refractivity contribution in [2.75, 3.05) is 7.11 Å². The van der Waals surface area contributed by atoms with Crippen molar-refractivity contribution in [1.29, 1.82) is 0 Å². The maximum absolute atomic E-state index is 10.5. The lowest BCUT2D eigenvalue weighted by Crippen LogP contribution is -1.97. The quantitative estimate of drug-likeness (QED) is 0.834. The highest BCUT2D eigenvalue weighted by Gasteiger charge is 2.07. The number of ether oxygens (including phenoxy) is 1.